The molecule has 0 radical (unpaired) electrons. The Labute approximate surface area is 145 Å². The first-order chi connectivity index (χ1) is 11.6. The van der Waals surface area contributed by atoms with Crippen LogP contribution in [0, 0.1) is 0 Å². The maximum atomic E-state index is 8.96. The van der Waals surface area contributed by atoms with Gasteiger partial charge < -0.3 is 10.2 Å². The lowest BCUT2D eigenvalue weighted by atomic mass is 10.0. The van der Waals surface area contributed by atoms with Gasteiger partial charge in [0.25, 0.3) is 0 Å². The molecule has 24 heavy (non-hydrogen) atoms. The third-order valence-corrected chi connectivity index (χ3v) is 4.11. The van der Waals surface area contributed by atoms with Crippen LogP contribution in [0.3, 0.4) is 0 Å². The standard InChI is InChI=1S/C20H28N2O2/c1-21(11-13-23)15-17-3-7-19(8-4-17)20-9-5-18(6-10-20)16-22(2)12-14-24/h3-10,23-24H,11-16H2,1-2H3. The number of nitrogens with zero attached hydrogens (tertiary/aromatic N) is 2. The van der Waals surface area contributed by atoms with Gasteiger partial charge in [0, 0.05) is 26.2 Å². The summed E-state index contributed by atoms with van der Waals surface area (Å²) in [5, 5.41) is 17.9. The fraction of sp³-hybridized carbons (Fsp3) is 0.400. The van der Waals surface area contributed by atoms with E-state index in [9.17, 15) is 0 Å². The monoisotopic (exact) mass is 328 g/mol. The molecule has 0 unspecified atom stereocenters. The number of aliphatic hydroxyl groups excluding tert-OH is 2. The smallest absolute Gasteiger partial charge is 0.0558 e. The quantitative estimate of drug-likeness (QED) is 0.741. The van der Waals surface area contributed by atoms with E-state index in [1.807, 2.05) is 14.1 Å². The van der Waals surface area contributed by atoms with E-state index in [1.165, 1.54) is 22.3 Å². The molecule has 0 atom stereocenters. The number of aliphatic hydroxyl groups is 2. The fourth-order valence-corrected chi connectivity index (χ4v) is 2.73. The van der Waals surface area contributed by atoms with E-state index < -0.39 is 0 Å². The van der Waals surface area contributed by atoms with E-state index in [0.717, 1.165) is 13.1 Å². The van der Waals surface area contributed by atoms with Crippen molar-refractivity contribution in [2.24, 2.45) is 0 Å². The lowest BCUT2D eigenvalue weighted by Crippen LogP contribution is -2.21. The van der Waals surface area contributed by atoms with Gasteiger partial charge in [0.05, 0.1) is 13.2 Å². The lowest BCUT2D eigenvalue weighted by molar-refractivity contribution is 0.217. The predicted molar refractivity (Wildman–Crippen MR) is 98.7 cm³/mol. The maximum absolute atomic E-state index is 8.96. The molecule has 130 valence electrons. The molecule has 0 saturated carbocycles. The summed E-state index contributed by atoms with van der Waals surface area (Å²) in [6.07, 6.45) is 0. The minimum atomic E-state index is 0.189. The Hall–Kier alpha value is -1.72. The average molecular weight is 328 g/mol. The molecule has 0 spiro atoms. The molecule has 0 bridgehead atoms. The molecule has 0 aliphatic carbocycles. The highest BCUT2D eigenvalue weighted by molar-refractivity contribution is 5.63. The molecule has 0 heterocycles. The average Bonchev–Trinajstić information content (AvgIpc) is 2.57. The van der Waals surface area contributed by atoms with Gasteiger partial charge in [0.1, 0.15) is 0 Å². The van der Waals surface area contributed by atoms with E-state index in [4.69, 9.17) is 10.2 Å². The third-order valence-electron chi connectivity index (χ3n) is 4.11. The van der Waals surface area contributed by atoms with Crippen LogP contribution >= 0.6 is 0 Å². The van der Waals surface area contributed by atoms with Gasteiger partial charge in [-0.2, -0.15) is 0 Å². The summed E-state index contributed by atoms with van der Waals surface area (Å²) >= 11 is 0. The van der Waals surface area contributed by atoms with Gasteiger partial charge >= 0.3 is 0 Å². The molecule has 0 aliphatic heterocycles. The summed E-state index contributed by atoms with van der Waals surface area (Å²) in [6.45, 7) is 3.44. The van der Waals surface area contributed by atoms with Gasteiger partial charge in [-0.25, -0.2) is 0 Å². The number of rotatable bonds is 9. The molecule has 2 N–H and O–H groups in total. The Balaban J connectivity index is 1.98. The molecule has 4 nitrogen and oxygen atoms in total. The van der Waals surface area contributed by atoms with Gasteiger partial charge in [-0.05, 0) is 36.3 Å². The molecule has 2 aromatic carbocycles. The van der Waals surface area contributed by atoms with Gasteiger partial charge in [-0.3, -0.25) is 9.80 Å². The van der Waals surface area contributed by atoms with Crippen LogP contribution in [0.15, 0.2) is 48.5 Å². The number of benzene rings is 2. The Morgan fingerprint density at radius 3 is 1.25 bits per heavy atom. The zero-order chi connectivity index (χ0) is 17.4. The van der Waals surface area contributed by atoms with Crippen LogP contribution in [-0.4, -0.2) is 60.4 Å². The zero-order valence-electron chi connectivity index (χ0n) is 14.7. The fourth-order valence-electron chi connectivity index (χ4n) is 2.73. The van der Waals surface area contributed by atoms with E-state index >= 15 is 0 Å². The zero-order valence-corrected chi connectivity index (χ0v) is 14.7. The van der Waals surface area contributed by atoms with Crippen molar-refractivity contribution in [2.75, 3.05) is 40.4 Å². The topological polar surface area (TPSA) is 46.9 Å². The van der Waals surface area contributed by atoms with Crippen molar-refractivity contribution in [2.45, 2.75) is 13.1 Å². The second kappa shape index (κ2) is 9.55. The number of hydrogen-bond acceptors (Lipinski definition) is 4. The highest BCUT2D eigenvalue weighted by Gasteiger charge is 2.03. The highest BCUT2D eigenvalue weighted by Crippen LogP contribution is 2.21. The van der Waals surface area contributed by atoms with Crippen LogP contribution in [0.25, 0.3) is 11.1 Å². The Morgan fingerprint density at radius 2 is 0.958 bits per heavy atom. The van der Waals surface area contributed by atoms with Crippen LogP contribution in [0.1, 0.15) is 11.1 Å². The lowest BCUT2D eigenvalue weighted by Gasteiger charge is -2.16. The minimum Gasteiger partial charge on any atom is -0.395 e. The number of hydrogen-bond donors (Lipinski definition) is 2. The van der Waals surface area contributed by atoms with Crippen molar-refractivity contribution in [3.63, 3.8) is 0 Å². The molecule has 2 aromatic rings. The van der Waals surface area contributed by atoms with Crippen molar-refractivity contribution in [3.8, 4) is 11.1 Å². The SMILES string of the molecule is CN(CCO)Cc1ccc(-c2ccc(CN(C)CCO)cc2)cc1. The summed E-state index contributed by atoms with van der Waals surface area (Å²) in [5.74, 6) is 0. The summed E-state index contributed by atoms with van der Waals surface area (Å²) in [4.78, 5) is 4.21. The highest BCUT2D eigenvalue weighted by atomic mass is 16.3. The molecular weight excluding hydrogens is 300 g/mol. The normalized spacial score (nSPS) is 11.4. The Kier molecular flexibility index (Phi) is 7.40. The second-order valence-corrected chi connectivity index (χ2v) is 6.32. The van der Waals surface area contributed by atoms with Gasteiger partial charge in [0.2, 0.25) is 0 Å². The molecule has 0 saturated heterocycles. The predicted octanol–water partition coefficient (Wildman–Crippen LogP) is 2.20. The third kappa shape index (κ3) is 5.73. The number of likely N-dealkylation sites (N-methyl/N-ethyl adjacent to an activating group) is 2. The largest absolute Gasteiger partial charge is 0.395 e. The van der Waals surface area contributed by atoms with Crippen LogP contribution in [-0.2, 0) is 13.1 Å². The maximum Gasteiger partial charge on any atom is 0.0558 e. The summed E-state index contributed by atoms with van der Waals surface area (Å²) in [6, 6.07) is 17.2. The minimum absolute atomic E-state index is 0.189. The van der Waals surface area contributed by atoms with E-state index in [-0.39, 0.29) is 13.2 Å². The van der Waals surface area contributed by atoms with Crippen LogP contribution in [0.2, 0.25) is 0 Å². The summed E-state index contributed by atoms with van der Waals surface area (Å²) < 4.78 is 0. The van der Waals surface area contributed by atoms with E-state index in [2.05, 4.69) is 58.3 Å². The molecule has 0 aliphatic rings. The van der Waals surface area contributed by atoms with Crippen molar-refractivity contribution >= 4 is 0 Å². The first kappa shape index (κ1) is 18.6. The van der Waals surface area contributed by atoms with Crippen molar-refractivity contribution in [1.82, 2.24) is 9.80 Å². The first-order valence-electron chi connectivity index (χ1n) is 8.39. The second-order valence-electron chi connectivity index (χ2n) is 6.32. The Morgan fingerprint density at radius 1 is 0.625 bits per heavy atom. The van der Waals surface area contributed by atoms with Crippen LogP contribution in [0.5, 0.6) is 0 Å². The van der Waals surface area contributed by atoms with E-state index in [1.54, 1.807) is 0 Å². The van der Waals surface area contributed by atoms with Gasteiger partial charge in [0.15, 0.2) is 0 Å². The van der Waals surface area contributed by atoms with Crippen molar-refractivity contribution in [3.05, 3.63) is 59.7 Å². The van der Waals surface area contributed by atoms with Crippen molar-refractivity contribution < 1.29 is 10.2 Å². The molecule has 0 aromatic heterocycles. The summed E-state index contributed by atoms with van der Waals surface area (Å²) in [5.41, 5.74) is 4.91. The molecule has 0 fully saturated rings. The summed E-state index contributed by atoms with van der Waals surface area (Å²) in [7, 11) is 4.02. The molecular formula is C20H28N2O2. The van der Waals surface area contributed by atoms with Crippen LogP contribution in [0.4, 0.5) is 0 Å². The molecule has 4 heteroatoms. The molecule has 2 rings (SSSR count). The van der Waals surface area contributed by atoms with E-state index in [0.29, 0.717) is 13.1 Å². The Bertz CT molecular complexity index is 541. The van der Waals surface area contributed by atoms with Gasteiger partial charge in [-0.1, -0.05) is 48.5 Å². The van der Waals surface area contributed by atoms with Crippen LogP contribution < -0.4 is 0 Å². The van der Waals surface area contributed by atoms with Crippen molar-refractivity contribution in [1.29, 1.82) is 0 Å². The van der Waals surface area contributed by atoms with Gasteiger partial charge in [-0.15, -0.1) is 0 Å². The molecule has 0 amide bonds. The first-order valence-corrected chi connectivity index (χ1v) is 8.39.